The number of hydrogen-bond acceptors (Lipinski definition) is 7. The molecule has 2 aliphatic rings. The molecule has 2 aromatic carbocycles. The normalized spacial score (nSPS) is 18.8. The van der Waals surface area contributed by atoms with E-state index in [0.717, 1.165) is 59.1 Å². The highest BCUT2D eigenvalue weighted by Crippen LogP contribution is 2.40. The third-order valence-electron chi connectivity index (χ3n) is 7.11. The van der Waals surface area contributed by atoms with Gasteiger partial charge in [-0.25, -0.2) is 4.79 Å². The fraction of sp³-hybridized carbons (Fsp3) is 0.429. The van der Waals surface area contributed by atoms with Crippen molar-refractivity contribution in [1.82, 2.24) is 25.3 Å². The zero-order valence-corrected chi connectivity index (χ0v) is 22.5. The molecule has 1 aromatic heterocycles. The van der Waals surface area contributed by atoms with Crippen LogP contribution < -0.4 is 10.1 Å². The summed E-state index contributed by atoms with van der Waals surface area (Å²) in [4.78, 5) is 17.1. The number of benzene rings is 2. The van der Waals surface area contributed by atoms with Gasteiger partial charge in [0.1, 0.15) is 21.8 Å². The number of amides is 2. The molecule has 1 aliphatic carbocycles. The minimum atomic E-state index is -0.00909. The molecule has 37 heavy (non-hydrogen) atoms. The van der Waals surface area contributed by atoms with E-state index in [1.54, 1.807) is 0 Å². The zero-order valence-electron chi connectivity index (χ0n) is 21.7. The van der Waals surface area contributed by atoms with E-state index in [0.29, 0.717) is 17.4 Å². The minimum Gasteiger partial charge on any atom is -0.490 e. The van der Waals surface area contributed by atoms with Gasteiger partial charge in [-0.15, -0.1) is 10.2 Å². The molecule has 3 aromatic rings. The summed E-state index contributed by atoms with van der Waals surface area (Å²) in [7, 11) is 4.14. The molecule has 1 fully saturated rings. The predicted molar refractivity (Wildman–Crippen MR) is 145 cm³/mol. The minimum absolute atomic E-state index is 0.0000589. The number of likely N-dealkylation sites (tertiary alicyclic amines) is 1. The van der Waals surface area contributed by atoms with E-state index in [1.807, 2.05) is 43.0 Å². The van der Waals surface area contributed by atoms with Crippen molar-refractivity contribution in [3.05, 3.63) is 53.1 Å². The van der Waals surface area contributed by atoms with Crippen LogP contribution in [0.1, 0.15) is 49.4 Å². The molecule has 2 amide bonds. The maximum absolute atomic E-state index is 13.0. The number of nitrogens with one attached hydrogen (secondary N) is 1. The van der Waals surface area contributed by atoms with Gasteiger partial charge in [-0.05, 0) is 76.5 Å². The predicted octanol–water partition coefficient (Wildman–Crippen LogP) is 4.86. The fourth-order valence-corrected chi connectivity index (χ4v) is 6.04. The molecule has 192 valence electrons. The monoisotopic (exact) mass is 516 g/mol. The van der Waals surface area contributed by atoms with Gasteiger partial charge in [0.2, 0.25) is 0 Å². The Balaban J connectivity index is 1.34. The maximum Gasteiger partial charge on any atom is 0.317 e. The van der Waals surface area contributed by atoms with Crippen LogP contribution >= 0.6 is 11.3 Å². The number of nitrogens with zero attached hydrogens (tertiary/aromatic N) is 5. The average molecular weight is 517 g/mol. The number of ether oxygens (including phenoxy) is 1. The first-order valence-electron chi connectivity index (χ1n) is 12.7. The smallest absolute Gasteiger partial charge is 0.317 e. The Kier molecular flexibility index (Phi) is 7.13. The number of carbonyl (C=O) groups excluding carboxylic acids is 1. The lowest BCUT2D eigenvalue weighted by molar-refractivity contribution is 0.199. The van der Waals surface area contributed by atoms with Crippen molar-refractivity contribution in [1.29, 1.82) is 5.26 Å². The molecule has 1 aliphatic heterocycles. The van der Waals surface area contributed by atoms with Crippen molar-refractivity contribution in [3.8, 4) is 33.0 Å². The molecular formula is C28H32N6O2S. The van der Waals surface area contributed by atoms with Gasteiger partial charge in [0.05, 0.1) is 17.7 Å². The van der Waals surface area contributed by atoms with Gasteiger partial charge in [-0.2, -0.15) is 5.26 Å². The second-order valence-electron chi connectivity index (χ2n) is 10.2. The molecule has 9 heteroatoms. The first-order chi connectivity index (χ1) is 17.8. The van der Waals surface area contributed by atoms with Gasteiger partial charge in [0, 0.05) is 30.3 Å². The second kappa shape index (κ2) is 10.5. The van der Waals surface area contributed by atoms with E-state index >= 15 is 0 Å². The number of aromatic nitrogens is 2. The highest BCUT2D eigenvalue weighted by molar-refractivity contribution is 7.17. The van der Waals surface area contributed by atoms with E-state index < -0.39 is 0 Å². The number of rotatable bonds is 6. The molecule has 0 bridgehead atoms. The Hall–Kier alpha value is -3.48. The van der Waals surface area contributed by atoms with Crippen LogP contribution in [-0.2, 0) is 6.42 Å². The third kappa shape index (κ3) is 5.17. The Morgan fingerprint density at radius 2 is 2.03 bits per heavy atom. The molecule has 1 saturated heterocycles. The number of nitriles is 1. The summed E-state index contributed by atoms with van der Waals surface area (Å²) in [6.07, 6.45) is 2.75. The molecule has 5 rings (SSSR count). The van der Waals surface area contributed by atoms with E-state index in [4.69, 9.17) is 4.74 Å². The standard InChI is InChI=1S/C28H32N6O2S/c1-17(2)36-25-11-8-18(14-19(25)15-29)26-31-32-27(37-26)23-7-5-6-22-21(23)9-10-24(22)30-28(35)34-13-12-20(16-34)33(3)4/h5-8,11,14,17,20,24H,9-10,12-13,16H2,1-4H3,(H,30,35)/t20-,24-/m0/s1. The van der Waals surface area contributed by atoms with Crippen LogP contribution in [0.3, 0.4) is 0 Å². The highest BCUT2D eigenvalue weighted by atomic mass is 32.1. The van der Waals surface area contributed by atoms with Crippen molar-refractivity contribution in [2.45, 2.75) is 51.3 Å². The summed E-state index contributed by atoms with van der Waals surface area (Å²) < 4.78 is 5.75. The fourth-order valence-electron chi connectivity index (χ4n) is 5.15. The molecular weight excluding hydrogens is 484 g/mol. The lowest BCUT2D eigenvalue weighted by Gasteiger charge is -2.23. The lowest BCUT2D eigenvalue weighted by atomic mass is 10.0. The summed E-state index contributed by atoms with van der Waals surface area (Å²) in [6, 6.07) is 14.4. The van der Waals surface area contributed by atoms with Gasteiger partial charge in [0.25, 0.3) is 0 Å². The van der Waals surface area contributed by atoms with Crippen molar-refractivity contribution in [2.24, 2.45) is 0 Å². The van der Waals surface area contributed by atoms with Crippen molar-refractivity contribution in [3.63, 3.8) is 0 Å². The number of hydrogen-bond donors (Lipinski definition) is 1. The van der Waals surface area contributed by atoms with E-state index in [9.17, 15) is 10.1 Å². The summed E-state index contributed by atoms with van der Waals surface area (Å²) in [5, 5.41) is 23.4. The quantitative estimate of drug-likeness (QED) is 0.503. The second-order valence-corrected chi connectivity index (χ2v) is 11.1. The number of fused-ring (bicyclic) bond motifs is 1. The van der Waals surface area contributed by atoms with Gasteiger partial charge < -0.3 is 19.9 Å². The largest absolute Gasteiger partial charge is 0.490 e. The summed E-state index contributed by atoms with van der Waals surface area (Å²) in [5.41, 5.74) is 4.77. The van der Waals surface area contributed by atoms with Crippen LogP contribution in [0.4, 0.5) is 4.79 Å². The van der Waals surface area contributed by atoms with Crippen molar-refractivity contribution >= 4 is 17.4 Å². The molecule has 0 unspecified atom stereocenters. The molecule has 0 saturated carbocycles. The van der Waals surface area contributed by atoms with E-state index in [2.05, 4.69) is 52.7 Å². The summed E-state index contributed by atoms with van der Waals surface area (Å²) in [6.45, 7) is 5.44. The summed E-state index contributed by atoms with van der Waals surface area (Å²) >= 11 is 1.51. The molecule has 0 radical (unpaired) electrons. The Labute approximate surface area is 221 Å². The average Bonchev–Trinajstić information content (AvgIpc) is 3.64. The lowest BCUT2D eigenvalue weighted by Crippen LogP contribution is -2.41. The van der Waals surface area contributed by atoms with Crippen LogP contribution in [0.25, 0.3) is 21.1 Å². The van der Waals surface area contributed by atoms with Gasteiger partial charge in [-0.3, -0.25) is 0 Å². The third-order valence-corrected chi connectivity index (χ3v) is 8.12. The van der Waals surface area contributed by atoms with Crippen molar-refractivity contribution in [2.75, 3.05) is 27.2 Å². The van der Waals surface area contributed by atoms with Crippen LogP contribution in [0.2, 0.25) is 0 Å². The molecule has 1 N–H and O–H groups in total. The SMILES string of the molecule is CC(C)Oc1ccc(-c2nnc(-c3cccc4c3CC[C@@H]4NC(=O)N3CC[C@H](N(C)C)C3)s2)cc1C#N. The number of urea groups is 1. The van der Waals surface area contributed by atoms with Gasteiger partial charge >= 0.3 is 6.03 Å². The van der Waals surface area contributed by atoms with Crippen molar-refractivity contribution < 1.29 is 9.53 Å². The van der Waals surface area contributed by atoms with E-state index in [1.165, 1.54) is 16.9 Å². The molecule has 2 heterocycles. The Morgan fingerprint density at radius 1 is 1.22 bits per heavy atom. The maximum atomic E-state index is 13.0. The first kappa shape index (κ1) is 25.2. The molecule has 8 nitrogen and oxygen atoms in total. The molecule has 2 atom stereocenters. The zero-order chi connectivity index (χ0) is 26.1. The van der Waals surface area contributed by atoms with Crippen LogP contribution in [0.5, 0.6) is 5.75 Å². The topological polar surface area (TPSA) is 94.4 Å². The summed E-state index contributed by atoms with van der Waals surface area (Å²) in [5.74, 6) is 0.575. The van der Waals surface area contributed by atoms with Gasteiger partial charge in [0.15, 0.2) is 0 Å². The van der Waals surface area contributed by atoms with Gasteiger partial charge in [-0.1, -0.05) is 29.5 Å². The highest BCUT2D eigenvalue weighted by Gasteiger charge is 2.32. The first-order valence-corrected chi connectivity index (χ1v) is 13.5. The Morgan fingerprint density at radius 3 is 2.76 bits per heavy atom. The Bertz CT molecular complexity index is 1340. The van der Waals surface area contributed by atoms with E-state index in [-0.39, 0.29) is 18.2 Å². The number of likely N-dealkylation sites (N-methyl/N-ethyl adjacent to an activating group) is 1. The number of carbonyl (C=O) groups is 1. The van der Waals surface area contributed by atoms with Crippen LogP contribution in [0.15, 0.2) is 36.4 Å². The van der Waals surface area contributed by atoms with Crippen LogP contribution in [-0.4, -0.2) is 65.4 Å². The van der Waals surface area contributed by atoms with Crippen LogP contribution in [0, 0.1) is 11.3 Å². The molecule has 0 spiro atoms.